The van der Waals surface area contributed by atoms with E-state index in [9.17, 15) is 15.3 Å². The topological polar surface area (TPSA) is 69.9 Å². The van der Waals surface area contributed by atoms with Gasteiger partial charge in [-0.1, -0.05) is 26.0 Å². The standard InChI is InChI=1S/C20H34O4/c1-11(2)13-7-6-12(3)16-14-10-20(5,23)15(21)8-9-19(4,22)18(24-14)17(13)16/h11,13-18,21-23H,3,6-10H2,1-2,4-5H3/t13-,14+,15+,16-,17-,18+,19-,20+/m1/s1. The molecule has 24 heavy (non-hydrogen) atoms. The Morgan fingerprint density at radius 1 is 1.17 bits per heavy atom. The summed E-state index contributed by atoms with van der Waals surface area (Å²) in [7, 11) is 0. The largest absolute Gasteiger partial charge is 0.390 e. The van der Waals surface area contributed by atoms with E-state index in [1.807, 2.05) is 6.92 Å². The number of ether oxygens (including phenoxy) is 1. The SMILES string of the molecule is C=C1CC[C@H](C(C)C)[C@@H]2[C@H]1[C@@H]1C[C@](C)(O)[C@@H](O)CC[C@@](C)(O)[C@H]2O1. The normalized spacial score (nSPS) is 52.6. The van der Waals surface area contributed by atoms with Crippen LogP contribution >= 0.6 is 0 Å². The number of aliphatic hydroxyl groups is 3. The first-order chi connectivity index (χ1) is 11.0. The second-order valence-electron chi connectivity index (χ2n) is 9.28. The Kier molecular flexibility index (Phi) is 4.66. The lowest BCUT2D eigenvalue weighted by molar-refractivity contribution is -0.120. The maximum atomic E-state index is 11.2. The van der Waals surface area contributed by atoms with E-state index in [1.54, 1.807) is 6.92 Å². The van der Waals surface area contributed by atoms with Crippen molar-refractivity contribution in [3.8, 4) is 0 Å². The van der Waals surface area contributed by atoms with Crippen molar-refractivity contribution in [3.63, 3.8) is 0 Å². The average molecular weight is 338 g/mol. The second-order valence-corrected chi connectivity index (χ2v) is 9.28. The van der Waals surface area contributed by atoms with Gasteiger partial charge in [0.15, 0.2) is 0 Å². The quantitative estimate of drug-likeness (QED) is 0.643. The van der Waals surface area contributed by atoms with E-state index < -0.39 is 17.3 Å². The minimum Gasteiger partial charge on any atom is -0.390 e. The highest BCUT2D eigenvalue weighted by Crippen LogP contribution is 2.55. The molecule has 2 heterocycles. The van der Waals surface area contributed by atoms with Crippen LogP contribution in [0.15, 0.2) is 12.2 Å². The van der Waals surface area contributed by atoms with Gasteiger partial charge >= 0.3 is 0 Å². The van der Waals surface area contributed by atoms with Crippen molar-refractivity contribution >= 4 is 0 Å². The van der Waals surface area contributed by atoms with Crippen molar-refractivity contribution in [1.29, 1.82) is 0 Å². The van der Waals surface area contributed by atoms with Crippen LogP contribution in [0.5, 0.6) is 0 Å². The fourth-order valence-electron chi connectivity index (χ4n) is 5.48. The maximum Gasteiger partial charge on any atom is 0.0902 e. The molecule has 0 aromatic carbocycles. The summed E-state index contributed by atoms with van der Waals surface area (Å²) in [4.78, 5) is 0. The van der Waals surface area contributed by atoms with Crippen LogP contribution in [0.25, 0.3) is 0 Å². The third-order valence-corrected chi connectivity index (χ3v) is 6.98. The van der Waals surface area contributed by atoms with E-state index in [-0.39, 0.29) is 24.0 Å². The van der Waals surface area contributed by atoms with Crippen LogP contribution in [0.3, 0.4) is 0 Å². The molecule has 0 spiro atoms. The zero-order chi connectivity index (χ0) is 17.9. The number of hydrogen-bond donors (Lipinski definition) is 3. The van der Waals surface area contributed by atoms with E-state index in [2.05, 4.69) is 20.4 Å². The van der Waals surface area contributed by atoms with E-state index in [4.69, 9.17) is 4.74 Å². The molecule has 1 saturated carbocycles. The molecule has 2 bridgehead atoms. The molecule has 0 aromatic heterocycles. The predicted molar refractivity (Wildman–Crippen MR) is 93.4 cm³/mol. The minimum atomic E-state index is -1.20. The first-order valence-corrected chi connectivity index (χ1v) is 9.50. The molecular weight excluding hydrogens is 304 g/mol. The van der Waals surface area contributed by atoms with Gasteiger partial charge in [-0.05, 0) is 57.3 Å². The van der Waals surface area contributed by atoms with Crippen LogP contribution in [0.4, 0.5) is 0 Å². The summed E-state index contributed by atoms with van der Waals surface area (Å²) in [5.74, 6) is 1.44. The lowest BCUT2D eigenvalue weighted by atomic mass is 9.60. The summed E-state index contributed by atoms with van der Waals surface area (Å²) in [6.07, 6.45) is 2.03. The zero-order valence-corrected chi connectivity index (χ0v) is 15.5. The van der Waals surface area contributed by atoms with Gasteiger partial charge in [0.25, 0.3) is 0 Å². The third-order valence-electron chi connectivity index (χ3n) is 6.98. The first-order valence-electron chi connectivity index (χ1n) is 9.50. The third kappa shape index (κ3) is 2.96. The Labute approximate surface area is 145 Å². The van der Waals surface area contributed by atoms with Crippen molar-refractivity contribution in [2.45, 2.75) is 89.3 Å². The summed E-state index contributed by atoms with van der Waals surface area (Å²) < 4.78 is 6.40. The molecule has 3 aliphatic rings. The maximum absolute atomic E-state index is 11.2. The molecule has 0 unspecified atom stereocenters. The van der Waals surface area contributed by atoms with Gasteiger partial charge in [-0.25, -0.2) is 0 Å². The zero-order valence-electron chi connectivity index (χ0n) is 15.5. The van der Waals surface area contributed by atoms with Crippen molar-refractivity contribution in [2.75, 3.05) is 0 Å². The smallest absolute Gasteiger partial charge is 0.0902 e. The molecule has 2 saturated heterocycles. The molecule has 3 rings (SSSR count). The van der Waals surface area contributed by atoms with Gasteiger partial charge < -0.3 is 20.1 Å². The summed E-state index contributed by atoms with van der Waals surface area (Å²) in [6.45, 7) is 12.3. The van der Waals surface area contributed by atoms with Crippen LogP contribution in [0, 0.1) is 23.7 Å². The van der Waals surface area contributed by atoms with Crippen molar-refractivity contribution in [1.82, 2.24) is 0 Å². The molecule has 1 aliphatic carbocycles. The van der Waals surface area contributed by atoms with Gasteiger partial charge in [0, 0.05) is 12.3 Å². The summed E-state index contributed by atoms with van der Waals surface area (Å²) in [5, 5.41) is 32.3. The molecule has 4 heteroatoms. The molecule has 3 N–H and O–H groups in total. The highest BCUT2D eigenvalue weighted by molar-refractivity contribution is 5.18. The molecule has 3 fully saturated rings. The lowest BCUT2D eigenvalue weighted by Crippen LogP contribution is -2.50. The van der Waals surface area contributed by atoms with E-state index in [0.29, 0.717) is 31.1 Å². The summed E-state index contributed by atoms with van der Waals surface area (Å²) >= 11 is 0. The Hall–Kier alpha value is -0.420. The van der Waals surface area contributed by atoms with E-state index >= 15 is 0 Å². The Morgan fingerprint density at radius 3 is 2.46 bits per heavy atom. The van der Waals surface area contributed by atoms with E-state index in [1.165, 1.54) is 5.57 Å². The molecular formula is C20H34O4. The van der Waals surface area contributed by atoms with Gasteiger partial charge in [-0.3, -0.25) is 0 Å². The number of aliphatic hydroxyl groups excluding tert-OH is 1. The highest BCUT2D eigenvalue weighted by Gasteiger charge is 2.58. The summed E-state index contributed by atoms with van der Waals surface area (Å²) in [5.41, 5.74) is -1.01. The van der Waals surface area contributed by atoms with Crippen LogP contribution < -0.4 is 0 Å². The van der Waals surface area contributed by atoms with Crippen LogP contribution in [-0.2, 0) is 4.74 Å². The van der Waals surface area contributed by atoms with Gasteiger partial charge in [0.2, 0.25) is 0 Å². The fourth-order valence-corrected chi connectivity index (χ4v) is 5.48. The number of rotatable bonds is 1. The monoisotopic (exact) mass is 338 g/mol. The molecule has 138 valence electrons. The number of hydrogen-bond acceptors (Lipinski definition) is 4. The van der Waals surface area contributed by atoms with Gasteiger partial charge in [-0.2, -0.15) is 0 Å². The minimum absolute atomic E-state index is 0.166. The highest BCUT2D eigenvalue weighted by atomic mass is 16.5. The van der Waals surface area contributed by atoms with Crippen LogP contribution in [0.2, 0.25) is 0 Å². The molecule has 0 radical (unpaired) electrons. The summed E-state index contributed by atoms with van der Waals surface area (Å²) in [6, 6.07) is 0. The Morgan fingerprint density at radius 2 is 1.83 bits per heavy atom. The lowest BCUT2D eigenvalue weighted by Gasteiger charge is -2.44. The Bertz CT molecular complexity index is 496. The average Bonchev–Trinajstić information content (AvgIpc) is 2.85. The molecule has 0 aromatic rings. The molecule has 0 amide bonds. The van der Waals surface area contributed by atoms with Gasteiger partial charge in [-0.15, -0.1) is 0 Å². The van der Waals surface area contributed by atoms with Gasteiger partial charge in [0.05, 0.1) is 29.5 Å². The van der Waals surface area contributed by atoms with Crippen molar-refractivity contribution < 1.29 is 20.1 Å². The van der Waals surface area contributed by atoms with Crippen LogP contribution in [-0.4, -0.2) is 44.8 Å². The first kappa shape index (κ1) is 18.4. The Balaban J connectivity index is 2.02. The van der Waals surface area contributed by atoms with Gasteiger partial charge in [0.1, 0.15) is 0 Å². The predicted octanol–water partition coefficient (Wildman–Crippen LogP) is 2.66. The molecule has 8 atom stereocenters. The number of fused-ring (bicyclic) bond motifs is 5. The molecule has 4 nitrogen and oxygen atoms in total. The van der Waals surface area contributed by atoms with Crippen LogP contribution in [0.1, 0.15) is 59.8 Å². The fraction of sp³-hybridized carbons (Fsp3) is 0.900. The van der Waals surface area contributed by atoms with E-state index in [0.717, 1.165) is 12.8 Å². The van der Waals surface area contributed by atoms with Crippen molar-refractivity contribution in [3.05, 3.63) is 12.2 Å². The second kappa shape index (κ2) is 6.08. The van der Waals surface area contributed by atoms with Crippen molar-refractivity contribution in [2.24, 2.45) is 23.7 Å². The molecule has 2 aliphatic heterocycles.